The molecule has 0 N–H and O–H groups in total. The number of thiophene rings is 1. The van der Waals surface area contributed by atoms with E-state index < -0.39 is 11.6 Å². The molecule has 0 spiro atoms. The summed E-state index contributed by atoms with van der Waals surface area (Å²) >= 11 is 7.42. The smallest absolute Gasteiger partial charge is 0.159 e. The zero-order valence-electron chi connectivity index (χ0n) is 8.95. The molecule has 0 fully saturated rings. The Bertz CT molecular complexity index is 642. The first kappa shape index (κ1) is 12.7. The summed E-state index contributed by atoms with van der Waals surface area (Å²) in [5.74, 6) is -1.94. The summed E-state index contributed by atoms with van der Waals surface area (Å²) in [4.78, 5) is 0.687. The largest absolute Gasteiger partial charge is 0.204 e. The third kappa shape index (κ3) is 2.42. The second kappa shape index (κ2) is 5.30. The van der Waals surface area contributed by atoms with Crippen molar-refractivity contribution in [2.45, 2.75) is 0 Å². The molecule has 5 heteroatoms. The van der Waals surface area contributed by atoms with Crippen molar-refractivity contribution in [3.05, 3.63) is 57.8 Å². The van der Waals surface area contributed by atoms with E-state index in [2.05, 4.69) is 0 Å². The van der Waals surface area contributed by atoms with Gasteiger partial charge in [-0.3, -0.25) is 0 Å². The number of rotatable bonds is 2. The summed E-state index contributed by atoms with van der Waals surface area (Å²) in [7, 11) is 0. The van der Waals surface area contributed by atoms with Gasteiger partial charge in [0, 0.05) is 4.88 Å². The summed E-state index contributed by atoms with van der Waals surface area (Å²) in [5, 5.41) is 11.0. The van der Waals surface area contributed by atoms with Crippen molar-refractivity contribution in [3.8, 4) is 6.07 Å². The lowest BCUT2D eigenvalue weighted by Gasteiger charge is -2.03. The maximum absolute atomic E-state index is 13.1. The SMILES string of the molecule is N#CC(=C(Cl)c1ccc(F)c(F)c1)c1cccs1. The Morgan fingerprint density at radius 3 is 2.56 bits per heavy atom. The van der Waals surface area contributed by atoms with E-state index in [1.54, 1.807) is 12.1 Å². The molecule has 18 heavy (non-hydrogen) atoms. The summed E-state index contributed by atoms with van der Waals surface area (Å²) in [6, 6.07) is 8.80. The molecule has 0 amide bonds. The third-order valence-corrected chi connectivity index (χ3v) is 3.57. The van der Waals surface area contributed by atoms with Gasteiger partial charge in [-0.1, -0.05) is 23.7 Å². The molecule has 0 aliphatic rings. The van der Waals surface area contributed by atoms with Crippen LogP contribution in [-0.2, 0) is 0 Å². The lowest BCUT2D eigenvalue weighted by Crippen LogP contribution is -1.88. The monoisotopic (exact) mass is 281 g/mol. The van der Waals surface area contributed by atoms with Crippen LogP contribution in [0, 0.1) is 23.0 Å². The maximum Gasteiger partial charge on any atom is 0.159 e. The molecule has 1 nitrogen and oxygen atoms in total. The second-order valence-corrected chi connectivity index (χ2v) is 4.73. The first-order valence-corrected chi connectivity index (χ1v) is 6.18. The van der Waals surface area contributed by atoms with Crippen molar-refractivity contribution in [1.82, 2.24) is 0 Å². The fourth-order valence-corrected chi connectivity index (χ4v) is 2.45. The zero-order valence-corrected chi connectivity index (χ0v) is 10.5. The van der Waals surface area contributed by atoms with Crippen molar-refractivity contribution >= 4 is 33.5 Å². The molecule has 0 aliphatic heterocycles. The van der Waals surface area contributed by atoms with Crippen LogP contribution in [0.1, 0.15) is 10.4 Å². The Kier molecular flexibility index (Phi) is 3.75. The minimum Gasteiger partial charge on any atom is -0.204 e. The second-order valence-electron chi connectivity index (χ2n) is 3.41. The molecule has 1 heterocycles. The molecule has 1 aromatic carbocycles. The molecule has 0 unspecified atom stereocenters. The van der Waals surface area contributed by atoms with Crippen LogP contribution in [0.5, 0.6) is 0 Å². The minimum atomic E-state index is -0.992. The Morgan fingerprint density at radius 2 is 2.00 bits per heavy atom. The quantitative estimate of drug-likeness (QED) is 0.735. The van der Waals surface area contributed by atoms with Crippen molar-refractivity contribution in [1.29, 1.82) is 5.26 Å². The van der Waals surface area contributed by atoms with Crippen molar-refractivity contribution in [2.24, 2.45) is 0 Å². The first-order valence-electron chi connectivity index (χ1n) is 4.92. The van der Waals surface area contributed by atoms with E-state index in [9.17, 15) is 8.78 Å². The molecule has 2 rings (SSSR count). The van der Waals surface area contributed by atoms with Gasteiger partial charge in [0.2, 0.25) is 0 Å². The van der Waals surface area contributed by atoms with Crippen LogP contribution in [0.4, 0.5) is 8.78 Å². The average molecular weight is 282 g/mol. The molecule has 2 aromatic rings. The highest BCUT2D eigenvalue weighted by atomic mass is 35.5. The van der Waals surface area contributed by atoms with E-state index in [1.807, 2.05) is 11.4 Å². The molecule has 0 atom stereocenters. The maximum atomic E-state index is 13.1. The normalized spacial score (nSPS) is 11.9. The fourth-order valence-electron chi connectivity index (χ4n) is 1.41. The number of halogens is 3. The van der Waals surface area contributed by atoms with Gasteiger partial charge in [-0.05, 0) is 29.1 Å². The Morgan fingerprint density at radius 1 is 1.22 bits per heavy atom. The molecule has 90 valence electrons. The molecule has 0 saturated carbocycles. The van der Waals surface area contributed by atoms with Crippen molar-refractivity contribution < 1.29 is 8.78 Å². The van der Waals surface area contributed by atoms with Crippen LogP contribution in [0.3, 0.4) is 0 Å². The fraction of sp³-hybridized carbons (Fsp3) is 0. The molecule has 0 bridgehead atoms. The molecule has 0 saturated heterocycles. The van der Waals surface area contributed by atoms with Crippen LogP contribution in [0.25, 0.3) is 10.6 Å². The Hall–Kier alpha value is -1.70. The first-order chi connectivity index (χ1) is 8.63. The van der Waals surface area contributed by atoms with E-state index in [0.29, 0.717) is 4.88 Å². The van der Waals surface area contributed by atoms with Crippen LogP contribution >= 0.6 is 22.9 Å². The van der Waals surface area contributed by atoms with E-state index in [-0.39, 0.29) is 16.2 Å². The lowest BCUT2D eigenvalue weighted by molar-refractivity contribution is 0.508. The van der Waals surface area contributed by atoms with E-state index >= 15 is 0 Å². The van der Waals surface area contributed by atoms with E-state index in [4.69, 9.17) is 16.9 Å². The van der Waals surface area contributed by atoms with Crippen LogP contribution in [-0.4, -0.2) is 0 Å². The number of allylic oxidation sites excluding steroid dienone is 1. The lowest BCUT2D eigenvalue weighted by atomic mass is 10.1. The van der Waals surface area contributed by atoms with Gasteiger partial charge in [-0.2, -0.15) is 5.26 Å². The van der Waals surface area contributed by atoms with Gasteiger partial charge >= 0.3 is 0 Å². The summed E-state index contributed by atoms with van der Waals surface area (Å²) < 4.78 is 25.9. The minimum absolute atomic E-state index is 0.110. The van der Waals surface area contributed by atoms with Gasteiger partial charge < -0.3 is 0 Å². The average Bonchev–Trinajstić information content (AvgIpc) is 2.87. The zero-order chi connectivity index (χ0) is 13.1. The van der Waals surface area contributed by atoms with Gasteiger partial charge in [0.25, 0.3) is 0 Å². The Balaban J connectivity index is 2.54. The predicted molar refractivity (Wildman–Crippen MR) is 69.0 cm³/mol. The molecular formula is C13H6ClF2NS. The summed E-state index contributed by atoms with van der Waals surface area (Å²) in [5.41, 5.74) is 0.526. The van der Waals surface area contributed by atoms with E-state index in [1.165, 1.54) is 17.4 Å². The van der Waals surface area contributed by atoms with Gasteiger partial charge in [-0.25, -0.2) is 8.78 Å². The number of hydrogen-bond donors (Lipinski definition) is 0. The third-order valence-electron chi connectivity index (χ3n) is 2.27. The number of nitriles is 1. The van der Waals surface area contributed by atoms with Gasteiger partial charge in [-0.15, -0.1) is 11.3 Å². The number of nitrogens with zero attached hydrogens (tertiary/aromatic N) is 1. The highest BCUT2D eigenvalue weighted by Gasteiger charge is 2.12. The summed E-state index contributed by atoms with van der Waals surface area (Å²) in [6.07, 6.45) is 0. The summed E-state index contributed by atoms with van der Waals surface area (Å²) in [6.45, 7) is 0. The van der Waals surface area contributed by atoms with Gasteiger partial charge in [0.05, 0.1) is 10.6 Å². The van der Waals surface area contributed by atoms with Gasteiger partial charge in [0.1, 0.15) is 6.07 Å². The van der Waals surface area contributed by atoms with Crippen molar-refractivity contribution in [3.63, 3.8) is 0 Å². The van der Waals surface area contributed by atoms with Gasteiger partial charge in [0.15, 0.2) is 11.6 Å². The highest BCUT2D eigenvalue weighted by Crippen LogP contribution is 2.32. The van der Waals surface area contributed by atoms with Crippen LogP contribution < -0.4 is 0 Å². The predicted octanol–water partition coefficient (Wildman–Crippen LogP) is 4.66. The number of hydrogen-bond acceptors (Lipinski definition) is 2. The van der Waals surface area contributed by atoms with E-state index in [0.717, 1.165) is 12.1 Å². The molecule has 0 radical (unpaired) electrons. The van der Waals surface area contributed by atoms with Crippen LogP contribution in [0.15, 0.2) is 35.7 Å². The molecule has 1 aromatic heterocycles. The topological polar surface area (TPSA) is 23.8 Å². The molecular weight excluding hydrogens is 276 g/mol. The van der Waals surface area contributed by atoms with Crippen LogP contribution in [0.2, 0.25) is 0 Å². The Labute approximate surface area is 112 Å². The number of benzene rings is 1. The standard InChI is InChI=1S/C13H6ClF2NS/c14-13(8-3-4-10(15)11(16)6-8)9(7-17)12-2-1-5-18-12/h1-6H. The van der Waals surface area contributed by atoms with Crippen molar-refractivity contribution in [2.75, 3.05) is 0 Å². The molecule has 0 aliphatic carbocycles. The highest BCUT2D eigenvalue weighted by molar-refractivity contribution is 7.11.